The van der Waals surface area contributed by atoms with Crippen molar-refractivity contribution in [3.05, 3.63) is 22.4 Å². The Morgan fingerprint density at radius 1 is 1.57 bits per heavy atom. The van der Waals surface area contributed by atoms with E-state index in [2.05, 4.69) is 17.6 Å². The average molecular weight is 212 g/mol. The molecule has 4 heteroatoms. The molecule has 0 aliphatic rings. The third-order valence-corrected chi connectivity index (χ3v) is 2.78. The van der Waals surface area contributed by atoms with E-state index in [1.54, 1.807) is 0 Å². The van der Waals surface area contributed by atoms with Crippen molar-refractivity contribution in [1.29, 1.82) is 0 Å². The van der Waals surface area contributed by atoms with E-state index in [1.807, 2.05) is 24.6 Å². The Kier molecular flexibility index (Phi) is 4.62. The average Bonchev–Trinajstić information content (AvgIpc) is 2.67. The van der Waals surface area contributed by atoms with E-state index in [1.165, 1.54) is 11.3 Å². The van der Waals surface area contributed by atoms with Crippen molar-refractivity contribution >= 4 is 17.2 Å². The Balaban J connectivity index is 2.28. The van der Waals surface area contributed by atoms with Crippen molar-refractivity contribution in [3.63, 3.8) is 0 Å². The molecule has 0 saturated carbocycles. The summed E-state index contributed by atoms with van der Waals surface area (Å²) in [5, 5.41) is 7.89. The number of thiophene rings is 1. The van der Waals surface area contributed by atoms with Gasteiger partial charge in [0.05, 0.1) is 4.88 Å². The lowest BCUT2D eigenvalue weighted by Crippen LogP contribution is -2.31. The summed E-state index contributed by atoms with van der Waals surface area (Å²) in [6, 6.07) is 3.72. The predicted molar refractivity (Wildman–Crippen MR) is 59.7 cm³/mol. The first kappa shape index (κ1) is 11.2. The monoisotopic (exact) mass is 212 g/mol. The van der Waals surface area contributed by atoms with Crippen LogP contribution in [-0.2, 0) is 0 Å². The Hall–Kier alpha value is -0.870. The summed E-state index contributed by atoms with van der Waals surface area (Å²) in [5.41, 5.74) is 0. The molecule has 1 heterocycles. The zero-order valence-corrected chi connectivity index (χ0v) is 9.36. The lowest BCUT2D eigenvalue weighted by molar-refractivity contribution is 0.0952. The molecule has 0 bridgehead atoms. The second-order valence-corrected chi connectivity index (χ2v) is 4.30. The van der Waals surface area contributed by atoms with Gasteiger partial charge in [0.25, 0.3) is 5.91 Å². The van der Waals surface area contributed by atoms with Crippen molar-refractivity contribution < 1.29 is 4.79 Å². The van der Waals surface area contributed by atoms with Crippen molar-refractivity contribution in [2.75, 3.05) is 20.1 Å². The second kappa shape index (κ2) is 5.78. The van der Waals surface area contributed by atoms with Crippen LogP contribution in [0.2, 0.25) is 0 Å². The molecule has 1 rings (SSSR count). The van der Waals surface area contributed by atoms with Crippen LogP contribution in [0.15, 0.2) is 17.5 Å². The summed E-state index contributed by atoms with van der Waals surface area (Å²) in [5.74, 6) is 0.492. The molecule has 0 fully saturated rings. The van der Waals surface area contributed by atoms with Crippen LogP contribution in [-0.4, -0.2) is 26.0 Å². The molecule has 1 atom stereocenters. The molecule has 1 aromatic heterocycles. The van der Waals surface area contributed by atoms with E-state index >= 15 is 0 Å². The van der Waals surface area contributed by atoms with Crippen molar-refractivity contribution in [2.45, 2.75) is 6.92 Å². The Labute approximate surface area is 88.5 Å². The fraction of sp³-hybridized carbons (Fsp3) is 0.500. The van der Waals surface area contributed by atoms with Crippen LogP contribution >= 0.6 is 11.3 Å². The number of carbonyl (C=O) groups is 1. The van der Waals surface area contributed by atoms with E-state index in [-0.39, 0.29) is 5.91 Å². The lowest BCUT2D eigenvalue weighted by atomic mass is 10.2. The summed E-state index contributed by atoms with van der Waals surface area (Å²) in [6.07, 6.45) is 0. The fourth-order valence-corrected chi connectivity index (χ4v) is 1.82. The zero-order chi connectivity index (χ0) is 10.4. The Morgan fingerprint density at radius 3 is 2.93 bits per heavy atom. The molecule has 3 nitrogen and oxygen atoms in total. The van der Waals surface area contributed by atoms with Crippen LogP contribution in [0.1, 0.15) is 16.6 Å². The SMILES string of the molecule is CNCC(C)CNC(=O)c1cccs1. The molecule has 0 aliphatic heterocycles. The summed E-state index contributed by atoms with van der Waals surface area (Å²) < 4.78 is 0. The lowest BCUT2D eigenvalue weighted by Gasteiger charge is -2.10. The fourth-order valence-electron chi connectivity index (χ4n) is 1.18. The van der Waals surface area contributed by atoms with E-state index in [0.29, 0.717) is 5.92 Å². The van der Waals surface area contributed by atoms with Crippen LogP contribution in [0.3, 0.4) is 0 Å². The van der Waals surface area contributed by atoms with Gasteiger partial charge in [0.15, 0.2) is 0 Å². The van der Waals surface area contributed by atoms with Crippen LogP contribution in [0.5, 0.6) is 0 Å². The van der Waals surface area contributed by atoms with Gasteiger partial charge in [0, 0.05) is 6.54 Å². The highest BCUT2D eigenvalue weighted by atomic mass is 32.1. The maximum absolute atomic E-state index is 11.5. The van der Waals surface area contributed by atoms with E-state index in [0.717, 1.165) is 18.0 Å². The Bertz CT molecular complexity index is 272. The van der Waals surface area contributed by atoms with Crippen molar-refractivity contribution in [2.24, 2.45) is 5.92 Å². The van der Waals surface area contributed by atoms with Crippen LogP contribution in [0.25, 0.3) is 0 Å². The number of nitrogens with one attached hydrogen (secondary N) is 2. The standard InChI is InChI=1S/C10H16N2OS/c1-8(6-11-2)7-12-10(13)9-4-3-5-14-9/h3-5,8,11H,6-7H2,1-2H3,(H,12,13). The topological polar surface area (TPSA) is 41.1 Å². The molecule has 1 amide bonds. The van der Waals surface area contributed by atoms with Gasteiger partial charge in [0.2, 0.25) is 0 Å². The molecule has 0 aromatic carbocycles. The highest BCUT2D eigenvalue weighted by Gasteiger charge is 2.07. The second-order valence-electron chi connectivity index (χ2n) is 3.35. The van der Waals surface area contributed by atoms with Gasteiger partial charge in [-0.05, 0) is 31.0 Å². The van der Waals surface area contributed by atoms with E-state index in [4.69, 9.17) is 0 Å². The predicted octanol–water partition coefficient (Wildman–Crippen LogP) is 1.33. The molecule has 14 heavy (non-hydrogen) atoms. The molecular formula is C10H16N2OS. The molecule has 2 N–H and O–H groups in total. The first-order chi connectivity index (χ1) is 6.74. The van der Waals surface area contributed by atoms with Gasteiger partial charge in [-0.15, -0.1) is 11.3 Å². The molecule has 1 unspecified atom stereocenters. The number of hydrogen-bond acceptors (Lipinski definition) is 3. The smallest absolute Gasteiger partial charge is 0.261 e. The minimum atomic E-state index is 0.0305. The van der Waals surface area contributed by atoms with Gasteiger partial charge in [0.1, 0.15) is 0 Å². The van der Waals surface area contributed by atoms with Gasteiger partial charge >= 0.3 is 0 Å². The maximum atomic E-state index is 11.5. The molecular weight excluding hydrogens is 196 g/mol. The number of carbonyl (C=O) groups excluding carboxylic acids is 1. The van der Waals surface area contributed by atoms with Gasteiger partial charge in [-0.1, -0.05) is 13.0 Å². The third-order valence-electron chi connectivity index (χ3n) is 1.91. The van der Waals surface area contributed by atoms with Crippen LogP contribution < -0.4 is 10.6 Å². The largest absolute Gasteiger partial charge is 0.351 e. The summed E-state index contributed by atoms with van der Waals surface area (Å²) in [4.78, 5) is 12.3. The van der Waals surface area contributed by atoms with Crippen molar-refractivity contribution in [1.82, 2.24) is 10.6 Å². The number of amides is 1. The first-order valence-corrected chi connectivity index (χ1v) is 5.58. The zero-order valence-electron chi connectivity index (χ0n) is 8.54. The highest BCUT2D eigenvalue weighted by Crippen LogP contribution is 2.07. The molecule has 0 spiro atoms. The summed E-state index contributed by atoms with van der Waals surface area (Å²) in [7, 11) is 1.91. The molecule has 1 aromatic rings. The highest BCUT2D eigenvalue weighted by molar-refractivity contribution is 7.12. The molecule has 0 saturated heterocycles. The van der Waals surface area contributed by atoms with Gasteiger partial charge in [-0.25, -0.2) is 0 Å². The van der Waals surface area contributed by atoms with Gasteiger partial charge in [-0.2, -0.15) is 0 Å². The van der Waals surface area contributed by atoms with Crippen LogP contribution in [0, 0.1) is 5.92 Å². The molecule has 0 radical (unpaired) electrons. The maximum Gasteiger partial charge on any atom is 0.261 e. The summed E-state index contributed by atoms with van der Waals surface area (Å²) >= 11 is 1.47. The van der Waals surface area contributed by atoms with Gasteiger partial charge < -0.3 is 10.6 Å². The van der Waals surface area contributed by atoms with Crippen molar-refractivity contribution in [3.8, 4) is 0 Å². The van der Waals surface area contributed by atoms with E-state index in [9.17, 15) is 4.79 Å². The van der Waals surface area contributed by atoms with Gasteiger partial charge in [-0.3, -0.25) is 4.79 Å². The molecule has 0 aliphatic carbocycles. The third kappa shape index (κ3) is 3.47. The Morgan fingerprint density at radius 2 is 2.36 bits per heavy atom. The summed E-state index contributed by atoms with van der Waals surface area (Å²) in [6.45, 7) is 3.74. The first-order valence-electron chi connectivity index (χ1n) is 4.70. The van der Waals surface area contributed by atoms with Crippen LogP contribution in [0.4, 0.5) is 0 Å². The van der Waals surface area contributed by atoms with E-state index < -0.39 is 0 Å². The quantitative estimate of drug-likeness (QED) is 0.773. The normalized spacial score (nSPS) is 12.4. The minimum absolute atomic E-state index is 0.0305. The minimum Gasteiger partial charge on any atom is -0.351 e. The number of rotatable bonds is 5. The molecule has 78 valence electrons. The number of hydrogen-bond donors (Lipinski definition) is 2.